The molecule has 0 saturated carbocycles. The molecule has 0 atom stereocenters. The number of thiophene rings is 1. The Kier molecular flexibility index (Phi) is 10.2. The molecule has 4 aromatic heterocycles. The van der Waals surface area contributed by atoms with Crippen molar-refractivity contribution in [3.8, 4) is 22.6 Å². The van der Waals surface area contributed by atoms with Crippen molar-refractivity contribution in [1.82, 2.24) is 19.1 Å². The Morgan fingerprint density at radius 2 is 0.754 bits per heavy atom. The molecule has 250 valence electrons. The Bertz CT molecular complexity index is 3850. The average Bonchev–Trinajstić information content (AvgIpc) is 3.96. The first-order chi connectivity index (χ1) is 30.6. The Morgan fingerprint density at radius 3 is 1.26 bits per heavy atom. The first-order valence-corrected chi connectivity index (χ1v) is 20.0. The van der Waals surface area contributed by atoms with Gasteiger partial charge in [0.2, 0.25) is 0 Å². The lowest BCUT2D eigenvalue weighted by atomic mass is 9.59. The largest absolute Gasteiger partial charge is 0.309 e. The van der Waals surface area contributed by atoms with E-state index < -0.39 is 0 Å². The number of rotatable bonds is 3. The van der Waals surface area contributed by atoms with Gasteiger partial charge in [0, 0.05) is 37.6 Å². The molecule has 0 saturated heterocycles. The quantitative estimate of drug-likeness (QED) is 0.167. The van der Waals surface area contributed by atoms with Crippen LogP contribution in [-0.2, 0) is 0 Å². The summed E-state index contributed by atoms with van der Waals surface area (Å²) in [5, 5.41) is 1.72. The maximum Gasteiger partial charge on any atom is 0.159 e. The smallest absolute Gasteiger partial charge is 0.159 e. The van der Waals surface area contributed by atoms with Gasteiger partial charge in [-0.1, -0.05) is 66.8 Å². The second-order valence-corrected chi connectivity index (χ2v) is 16.8. The molecule has 65 heavy (non-hydrogen) atoms. The van der Waals surface area contributed by atoms with Crippen molar-refractivity contribution in [2.75, 3.05) is 0 Å². The van der Waals surface area contributed by atoms with Crippen LogP contribution >= 0.6 is 11.3 Å². The Balaban J connectivity index is 1.48. The molecular weight excluding hydrogens is 785 g/mol. The van der Waals surface area contributed by atoms with Crippen LogP contribution in [0.3, 0.4) is 0 Å². The molecule has 0 bridgehead atoms. The molecule has 0 aliphatic carbocycles. The lowest BCUT2D eigenvalue weighted by Gasteiger charge is -2.25. The Hall–Kier alpha value is -4.48. The molecule has 0 unspecified atom stereocenters. The molecule has 6 aromatic carbocycles. The van der Waals surface area contributed by atoms with E-state index in [1.165, 1.54) is 17.7 Å². The zero-order chi connectivity index (χ0) is 46.9. The number of hydrogen-bond donors (Lipinski definition) is 0. The highest BCUT2D eigenvalue weighted by molar-refractivity contribution is 7.26. The van der Waals surface area contributed by atoms with E-state index in [-0.39, 0.29) is 164 Å². The van der Waals surface area contributed by atoms with Gasteiger partial charge < -0.3 is 4.57 Å². The molecular formula is C40H4B20N4S. The van der Waals surface area contributed by atoms with Gasteiger partial charge in [-0.25, -0.2) is 9.97 Å². The summed E-state index contributed by atoms with van der Waals surface area (Å²) >= 11 is 1.33. The first-order valence-electron chi connectivity index (χ1n) is 19.2. The van der Waals surface area contributed by atoms with E-state index in [4.69, 9.17) is 167 Å². The lowest BCUT2D eigenvalue weighted by Crippen LogP contribution is -2.56. The second kappa shape index (κ2) is 15.0. The minimum absolute atomic E-state index is 0.000218. The molecule has 0 fully saturated rings. The summed E-state index contributed by atoms with van der Waals surface area (Å²) in [6.07, 6.45) is 1.38. The zero-order valence-corrected chi connectivity index (χ0v) is 34.9. The second-order valence-electron chi connectivity index (χ2n) is 15.8. The van der Waals surface area contributed by atoms with E-state index in [2.05, 4.69) is 0 Å². The molecule has 4 nitrogen and oxygen atoms in total. The van der Waals surface area contributed by atoms with Crippen molar-refractivity contribution >= 4 is 341 Å². The maximum atomic E-state index is 7.15. The van der Waals surface area contributed by atoms with Crippen LogP contribution in [0, 0.1) is 0 Å². The van der Waals surface area contributed by atoms with Crippen LogP contribution in [-0.4, -0.2) is 176 Å². The highest BCUT2D eigenvalue weighted by Gasteiger charge is 2.31. The minimum atomic E-state index is -0.0873. The molecule has 0 amide bonds. The van der Waals surface area contributed by atoms with E-state index in [9.17, 15) is 0 Å². The molecule has 0 spiro atoms. The summed E-state index contributed by atoms with van der Waals surface area (Å²) in [5.41, 5.74) is 2.61. The molecule has 10 aromatic rings. The zero-order valence-electron chi connectivity index (χ0n) is 34.1. The molecule has 10 rings (SSSR count). The number of aromatic nitrogens is 4. The maximum absolute atomic E-state index is 7.15. The van der Waals surface area contributed by atoms with Crippen LogP contribution in [0.4, 0.5) is 0 Å². The molecule has 0 aliphatic rings. The van der Waals surface area contributed by atoms with Gasteiger partial charge in [0.25, 0.3) is 0 Å². The lowest BCUT2D eigenvalue weighted by molar-refractivity contribution is 1.08. The molecule has 0 N–H and O–H groups in total. The molecule has 25 heteroatoms. The summed E-state index contributed by atoms with van der Waals surface area (Å²) in [5.74, 6) is 0.271. The van der Waals surface area contributed by atoms with Gasteiger partial charge in [-0.3, -0.25) is 4.57 Å². The normalized spacial score (nSPS) is 12.0. The highest BCUT2D eigenvalue weighted by atomic mass is 32.1. The van der Waals surface area contributed by atoms with Crippen LogP contribution in [0.1, 0.15) is 0 Å². The standard InChI is InChI=1S/C40H4B20N4S/c41-13-8(14(42)20(48)23(51)19(13)47)5-1-2-6-7(3-5)65-39-33(6)61-4-62-40(39)64-35-10(18(46)22(50)26(54)30(35)58)12-16(44)15(43)11-9-17(45)21(49)25(53)29(57)34(9)63(36(11)37(12)64)38-31(59)27(55)24(52)28(56)32(38)60/h1-4H. The van der Waals surface area contributed by atoms with Crippen molar-refractivity contribution in [1.29, 1.82) is 0 Å². The van der Waals surface area contributed by atoms with E-state index >= 15 is 0 Å². The molecule has 4 heterocycles. The SMILES string of the molecule is [B]c1c([B])c([B])c(-c2ccc3c(c2)sc2c(-n4c5c([B])c([B])c([B])c([B])c5c5c([B])c([B])c6c7c([B])c([B])c([B])c([B])c7n(-c7c([B])c([B])c([B])c([B])c7[B])c6c54)ncnc23)c([B])c1[B]. The van der Waals surface area contributed by atoms with Gasteiger partial charge in [0.1, 0.15) is 163 Å². The summed E-state index contributed by atoms with van der Waals surface area (Å²) < 4.78 is 4.56. The minimum Gasteiger partial charge on any atom is -0.309 e. The van der Waals surface area contributed by atoms with E-state index in [1.54, 1.807) is 9.13 Å². The third-order valence-corrected chi connectivity index (χ3v) is 13.7. The van der Waals surface area contributed by atoms with Crippen LogP contribution in [0.5, 0.6) is 0 Å². The van der Waals surface area contributed by atoms with E-state index in [0.29, 0.717) is 21.3 Å². The van der Waals surface area contributed by atoms with Gasteiger partial charge in [-0.15, -0.1) is 66.0 Å². The van der Waals surface area contributed by atoms with Gasteiger partial charge in [0.05, 0.1) is 21.3 Å². The third kappa shape index (κ3) is 5.66. The van der Waals surface area contributed by atoms with Crippen molar-refractivity contribution < 1.29 is 0 Å². The number of nitrogens with zero attached hydrogens (tertiary/aromatic N) is 4. The third-order valence-electron chi connectivity index (χ3n) is 12.5. The van der Waals surface area contributed by atoms with E-state index in [0.717, 1.165) is 10.1 Å². The van der Waals surface area contributed by atoms with Crippen LogP contribution < -0.4 is 109 Å². The fourth-order valence-corrected chi connectivity index (χ4v) is 10.3. The van der Waals surface area contributed by atoms with Crippen LogP contribution in [0.25, 0.3) is 86.5 Å². The van der Waals surface area contributed by atoms with Crippen molar-refractivity contribution in [3.63, 3.8) is 0 Å². The van der Waals surface area contributed by atoms with E-state index in [1.807, 2.05) is 18.2 Å². The summed E-state index contributed by atoms with van der Waals surface area (Å²) in [6.45, 7) is 0. The van der Waals surface area contributed by atoms with Crippen molar-refractivity contribution in [2.45, 2.75) is 0 Å². The van der Waals surface area contributed by atoms with Crippen LogP contribution in [0.2, 0.25) is 0 Å². The number of fused-ring (bicyclic) bond motifs is 10. The Labute approximate surface area is 405 Å². The summed E-state index contributed by atoms with van der Waals surface area (Å²) in [7, 11) is 133. The average molecular weight is 789 g/mol. The first kappa shape index (κ1) is 44.4. The molecule has 40 radical (unpaired) electrons. The predicted octanol–water partition coefficient (Wildman–Crippen LogP) is -13.4. The van der Waals surface area contributed by atoms with Gasteiger partial charge >= 0.3 is 0 Å². The topological polar surface area (TPSA) is 35.6 Å². The highest BCUT2D eigenvalue weighted by Crippen LogP contribution is 2.42. The fraction of sp³-hybridized carbons (Fsp3) is 0. The van der Waals surface area contributed by atoms with Gasteiger partial charge in [0.15, 0.2) is 5.82 Å². The predicted molar refractivity (Wildman–Crippen MR) is 297 cm³/mol. The Morgan fingerprint density at radius 1 is 0.369 bits per heavy atom. The molecule has 0 aliphatic heterocycles. The summed E-state index contributed by atoms with van der Waals surface area (Å²) in [6, 6.07) is 5.54. The van der Waals surface area contributed by atoms with Gasteiger partial charge in [-0.2, -0.15) is 0 Å². The summed E-state index contributed by atoms with van der Waals surface area (Å²) in [4.78, 5) is 9.63. The number of benzene rings is 6. The van der Waals surface area contributed by atoms with Crippen molar-refractivity contribution in [2.24, 2.45) is 0 Å². The van der Waals surface area contributed by atoms with Crippen LogP contribution in [0.15, 0.2) is 24.5 Å². The number of hydrogen-bond acceptors (Lipinski definition) is 3. The monoisotopic (exact) mass is 792 g/mol. The van der Waals surface area contributed by atoms with Gasteiger partial charge in [-0.05, 0) is 28.0 Å². The van der Waals surface area contributed by atoms with Crippen molar-refractivity contribution in [3.05, 3.63) is 24.5 Å². The fourth-order valence-electron chi connectivity index (χ4n) is 9.08.